The van der Waals surface area contributed by atoms with Gasteiger partial charge in [0.15, 0.2) is 0 Å². The summed E-state index contributed by atoms with van der Waals surface area (Å²) in [6.45, 7) is 2.05. The van der Waals surface area contributed by atoms with Gasteiger partial charge in [0.1, 0.15) is 10.6 Å². The Morgan fingerprint density at radius 2 is 1.89 bits per heavy atom. The van der Waals surface area contributed by atoms with Crippen molar-refractivity contribution in [1.82, 2.24) is 4.98 Å². The zero-order chi connectivity index (χ0) is 13.9. The van der Waals surface area contributed by atoms with Crippen LogP contribution in [-0.4, -0.2) is 13.4 Å². The van der Waals surface area contributed by atoms with Gasteiger partial charge < -0.3 is 4.74 Å². The monoisotopic (exact) mass is 297 g/mol. The first-order chi connectivity index (χ1) is 9.00. The molecule has 0 aliphatic heterocycles. The number of aryl methyl sites for hydroxylation is 1. The number of ether oxygens (including phenoxy) is 1. The van der Waals surface area contributed by atoms with E-state index in [0.29, 0.717) is 5.75 Å². The van der Waals surface area contributed by atoms with Crippen LogP contribution in [0.2, 0.25) is 0 Å². The van der Waals surface area contributed by atoms with E-state index in [9.17, 15) is 8.42 Å². The zero-order valence-electron chi connectivity index (χ0n) is 10.2. The summed E-state index contributed by atoms with van der Waals surface area (Å²) in [4.78, 5) is 3.75. The molecule has 1 aromatic heterocycles. The van der Waals surface area contributed by atoms with Gasteiger partial charge in [-0.15, -0.1) is 0 Å². The van der Waals surface area contributed by atoms with Gasteiger partial charge in [-0.3, -0.25) is 0 Å². The molecule has 0 fully saturated rings. The number of benzene rings is 1. The molecule has 19 heavy (non-hydrogen) atoms. The predicted octanol–water partition coefficient (Wildman–Crippen LogP) is 3.36. The molecule has 0 aliphatic carbocycles. The Morgan fingerprint density at radius 3 is 2.47 bits per heavy atom. The van der Waals surface area contributed by atoms with Crippen LogP contribution < -0.4 is 4.74 Å². The van der Waals surface area contributed by atoms with Crippen LogP contribution in [0.15, 0.2) is 47.5 Å². The summed E-state index contributed by atoms with van der Waals surface area (Å²) in [6, 6.07) is 10.2. The minimum absolute atomic E-state index is 0.0262. The lowest BCUT2D eigenvalue weighted by Crippen LogP contribution is -1.97. The van der Waals surface area contributed by atoms with Crippen molar-refractivity contribution < 1.29 is 13.2 Å². The molecule has 0 radical (unpaired) electrons. The molecule has 6 heteroatoms. The number of halogens is 1. The molecular formula is C13H12ClNO3S. The summed E-state index contributed by atoms with van der Waals surface area (Å²) in [5, 5.41) is 0. The van der Waals surface area contributed by atoms with Crippen LogP contribution in [0, 0.1) is 0 Å². The molecule has 4 nitrogen and oxygen atoms in total. The van der Waals surface area contributed by atoms with Crippen LogP contribution in [0.3, 0.4) is 0 Å². The van der Waals surface area contributed by atoms with Crippen molar-refractivity contribution in [2.24, 2.45) is 0 Å². The average molecular weight is 298 g/mol. The van der Waals surface area contributed by atoms with E-state index in [1.54, 1.807) is 12.1 Å². The van der Waals surface area contributed by atoms with Crippen molar-refractivity contribution in [3.63, 3.8) is 0 Å². The second-order valence-corrected chi connectivity index (χ2v) is 6.38. The van der Waals surface area contributed by atoms with E-state index in [2.05, 4.69) is 4.98 Å². The van der Waals surface area contributed by atoms with Gasteiger partial charge in [-0.1, -0.05) is 19.1 Å². The van der Waals surface area contributed by atoms with Gasteiger partial charge in [-0.2, -0.15) is 0 Å². The molecule has 2 aromatic rings. The first-order valence-corrected chi connectivity index (χ1v) is 7.98. The van der Waals surface area contributed by atoms with Crippen LogP contribution >= 0.6 is 10.7 Å². The number of hydrogen-bond donors (Lipinski definition) is 0. The van der Waals surface area contributed by atoms with Crippen molar-refractivity contribution in [1.29, 1.82) is 0 Å². The maximum absolute atomic E-state index is 11.4. The van der Waals surface area contributed by atoms with Crippen LogP contribution in [0.1, 0.15) is 12.5 Å². The van der Waals surface area contributed by atoms with Crippen molar-refractivity contribution >= 4 is 19.7 Å². The largest absolute Gasteiger partial charge is 0.438 e. The summed E-state index contributed by atoms with van der Waals surface area (Å²) < 4.78 is 28.2. The summed E-state index contributed by atoms with van der Waals surface area (Å²) in [5.74, 6) is 0.485. The zero-order valence-corrected chi connectivity index (χ0v) is 11.8. The minimum atomic E-state index is -3.88. The van der Waals surface area contributed by atoms with Crippen LogP contribution in [0.5, 0.6) is 11.6 Å². The normalized spacial score (nSPS) is 11.3. The Bertz CT molecular complexity index is 669. The molecule has 0 unspecified atom stereocenters. The number of nitrogens with zero attached hydrogens (tertiary/aromatic N) is 1. The van der Waals surface area contributed by atoms with E-state index in [4.69, 9.17) is 15.4 Å². The summed E-state index contributed by atoms with van der Waals surface area (Å²) in [5.41, 5.74) is 1.17. The van der Waals surface area contributed by atoms with Crippen LogP contribution in [0.25, 0.3) is 0 Å². The Kier molecular flexibility index (Phi) is 4.07. The molecule has 0 spiro atoms. The topological polar surface area (TPSA) is 56.3 Å². The molecule has 0 aliphatic rings. The minimum Gasteiger partial charge on any atom is -0.438 e. The van der Waals surface area contributed by atoms with E-state index in [0.717, 1.165) is 6.42 Å². The SMILES string of the molecule is CCc1ccc(Oc2ncccc2S(=O)(=O)Cl)cc1. The first kappa shape index (κ1) is 13.8. The highest BCUT2D eigenvalue weighted by molar-refractivity contribution is 8.13. The fourth-order valence-corrected chi connectivity index (χ4v) is 2.44. The van der Waals surface area contributed by atoms with Gasteiger partial charge in [0, 0.05) is 16.9 Å². The van der Waals surface area contributed by atoms with Gasteiger partial charge in [-0.05, 0) is 36.2 Å². The quantitative estimate of drug-likeness (QED) is 0.812. The van der Waals surface area contributed by atoms with Gasteiger partial charge >= 0.3 is 0 Å². The fourth-order valence-electron chi connectivity index (χ4n) is 1.54. The third kappa shape index (κ3) is 3.45. The van der Waals surface area contributed by atoms with E-state index >= 15 is 0 Å². The molecule has 0 bridgehead atoms. The van der Waals surface area contributed by atoms with Crippen LogP contribution in [0.4, 0.5) is 0 Å². The molecule has 0 N–H and O–H groups in total. The Morgan fingerprint density at radius 1 is 1.21 bits per heavy atom. The summed E-state index contributed by atoms with van der Waals surface area (Å²) >= 11 is 0. The molecule has 1 aromatic carbocycles. The van der Waals surface area contributed by atoms with E-state index in [1.807, 2.05) is 19.1 Å². The third-order valence-corrected chi connectivity index (χ3v) is 3.88. The highest BCUT2D eigenvalue weighted by Crippen LogP contribution is 2.28. The van der Waals surface area contributed by atoms with Gasteiger partial charge in [0.2, 0.25) is 5.88 Å². The number of pyridine rings is 1. The maximum Gasteiger partial charge on any atom is 0.266 e. The molecule has 0 amide bonds. The Hall–Kier alpha value is -1.59. The van der Waals surface area contributed by atoms with Crippen molar-refractivity contribution in [2.45, 2.75) is 18.2 Å². The lowest BCUT2D eigenvalue weighted by molar-refractivity contribution is 0.447. The van der Waals surface area contributed by atoms with Gasteiger partial charge in [0.05, 0.1) is 0 Å². The van der Waals surface area contributed by atoms with E-state index in [-0.39, 0.29) is 10.8 Å². The number of aromatic nitrogens is 1. The summed E-state index contributed by atoms with van der Waals surface area (Å²) in [7, 11) is 1.45. The number of hydrogen-bond acceptors (Lipinski definition) is 4. The third-order valence-electron chi connectivity index (χ3n) is 2.55. The van der Waals surface area contributed by atoms with E-state index < -0.39 is 9.05 Å². The smallest absolute Gasteiger partial charge is 0.266 e. The second-order valence-electron chi connectivity index (χ2n) is 3.84. The predicted molar refractivity (Wildman–Crippen MR) is 73.2 cm³/mol. The van der Waals surface area contributed by atoms with E-state index in [1.165, 1.54) is 23.9 Å². The lowest BCUT2D eigenvalue weighted by atomic mass is 10.2. The number of rotatable bonds is 4. The molecule has 100 valence electrons. The highest BCUT2D eigenvalue weighted by atomic mass is 35.7. The Balaban J connectivity index is 2.33. The second kappa shape index (κ2) is 5.59. The van der Waals surface area contributed by atoms with Crippen LogP contribution in [-0.2, 0) is 15.5 Å². The Labute approximate surface area is 116 Å². The average Bonchev–Trinajstić information content (AvgIpc) is 2.39. The van der Waals surface area contributed by atoms with Gasteiger partial charge in [-0.25, -0.2) is 13.4 Å². The molecule has 1 heterocycles. The molecule has 0 atom stereocenters. The van der Waals surface area contributed by atoms with Gasteiger partial charge in [0.25, 0.3) is 9.05 Å². The maximum atomic E-state index is 11.4. The van der Waals surface area contributed by atoms with Crippen molar-refractivity contribution in [3.05, 3.63) is 48.2 Å². The lowest BCUT2D eigenvalue weighted by Gasteiger charge is -2.08. The molecule has 0 saturated heterocycles. The fraction of sp³-hybridized carbons (Fsp3) is 0.154. The highest BCUT2D eigenvalue weighted by Gasteiger charge is 2.18. The molecule has 0 saturated carbocycles. The standard InChI is InChI=1S/C13H12ClNO3S/c1-2-10-5-7-11(8-6-10)18-13-12(19(14,16)17)4-3-9-15-13/h3-9H,2H2,1H3. The summed E-state index contributed by atoms with van der Waals surface area (Å²) in [6.07, 6.45) is 2.37. The van der Waals surface area contributed by atoms with Crippen molar-refractivity contribution in [2.75, 3.05) is 0 Å². The first-order valence-electron chi connectivity index (χ1n) is 5.67. The molecule has 2 rings (SSSR count). The molecular weight excluding hydrogens is 286 g/mol. The van der Waals surface area contributed by atoms with Crippen molar-refractivity contribution in [3.8, 4) is 11.6 Å².